The number of esters is 1. The minimum atomic E-state index is -0.822. The van der Waals surface area contributed by atoms with E-state index in [1.807, 2.05) is 48.5 Å². The van der Waals surface area contributed by atoms with Crippen LogP contribution in [0.1, 0.15) is 60.9 Å². The maximum atomic E-state index is 13.1. The van der Waals surface area contributed by atoms with Crippen LogP contribution in [0.3, 0.4) is 0 Å². The molecule has 7 rings (SSSR count). The highest BCUT2D eigenvalue weighted by atomic mass is 16.6. The molecule has 3 aliphatic rings. The van der Waals surface area contributed by atoms with Crippen molar-refractivity contribution in [3.05, 3.63) is 106 Å². The predicted octanol–water partition coefficient (Wildman–Crippen LogP) is 4.56. The second-order valence-electron chi connectivity index (χ2n) is 13.2. The molecule has 3 aliphatic heterocycles. The van der Waals surface area contributed by atoms with E-state index in [9.17, 15) is 24.6 Å². The molecule has 1 aromatic heterocycles. The summed E-state index contributed by atoms with van der Waals surface area (Å²) in [4.78, 5) is 42.1. The molecule has 4 aromatic rings. The first-order valence-electron chi connectivity index (χ1n) is 17.7. The van der Waals surface area contributed by atoms with Gasteiger partial charge in [0, 0.05) is 24.5 Å². The number of piperidine rings is 3. The molecular formula is C39H46N4O8. The minimum absolute atomic E-state index is 0.0485. The number of rotatable bonds is 16. The monoisotopic (exact) mass is 698 g/mol. The number of hydrogen-bond donors (Lipinski definition) is 5. The number of pyridine rings is 1. The van der Waals surface area contributed by atoms with Gasteiger partial charge < -0.3 is 40.0 Å². The molecule has 3 aromatic carbocycles. The number of phenols is 1. The fourth-order valence-electron chi connectivity index (χ4n) is 6.92. The van der Waals surface area contributed by atoms with Gasteiger partial charge in [0.05, 0.1) is 24.3 Å². The van der Waals surface area contributed by atoms with Crippen molar-refractivity contribution in [1.29, 1.82) is 0 Å². The molecule has 0 saturated carbocycles. The number of aromatic amines is 1. The Kier molecular flexibility index (Phi) is 12.2. The first-order valence-corrected chi connectivity index (χ1v) is 17.7. The van der Waals surface area contributed by atoms with E-state index in [0.29, 0.717) is 47.6 Å². The number of benzene rings is 3. The molecule has 0 radical (unpaired) electrons. The molecule has 3 fully saturated rings. The van der Waals surface area contributed by atoms with Gasteiger partial charge in [-0.3, -0.25) is 9.69 Å². The van der Waals surface area contributed by atoms with Crippen molar-refractivity contribution in [2.75, 3.05) is 45.9 Å². The van der Waals surface area contributed by atoms with Crippen LogP contribution in [0.5, 0.6) is 11.5 Å². The Hall–Kier alpha value is -4.91. The molecule has 3 atom stereocenters. The number of aliphatic hydroxyl groups excluding tert-OH is 1. The molecule has 51 heavy (non-hydrogen) atoms. The SMILES string of the molecule is O=C(COc1cccc(C(NC(=O)O[C@H]2CN3CCC2CC3)c2ccccc2)c1)OCCCCCNC[C@@H](O)c1ccc(O)c2[nH]c(=O)ccc12. The summed E-state index contributed by atoms with van der Waals surface area (Å²) in [6.45, 7) is 3.91. The molecule has 12 nitrogen and oxygen atoms in total. The maximum Gasteiger partial charge on any atom is 0.408 e. The number of H-pyrrole nitrogens is 1. The number of amides is 1. The van der Waals surface area contributed by atoms with E-state index in [2.05, 4.69) is 20.5 Å². The van der Waals surface area contributed by atoms with E-state index < -0.39 is 24.2 Å². The summed E-state index contributed by atoms with van der Waals surface area (Å²) in [7, 11) is 0. The second-order valence-corrected chi connectivity index (χ2v) is 13.2. The average molecular weight is 699 g/mol. The Morgan fingerprint density at radius 3 is 2.53 bits per heavy atom. The van der Waals surface area contributed by atoms with Crippen LogP contribution in [-0.2, 0) is 14.3 Å². The third kappa shape index (κ3) is 9.66. The van der Waals surface area contributed by atoms with Crippen LogP contribution < -0.4 is 20.9 Å². The third-order valence-electron chi connectivity index (χ3n) is 9.66. The van der Waals surface area contributed by atoms with Crippen LogP contribution in [0, 0.1) is 5.92 Å². The van der Waals surface area contributed by atoms with Gasteiger partial charge in [-0.05, 0) is 98.6 Å². The highest BCUT2D eigenvalue weighted by molar-refractivity contribution is 5.87. The van der Waals surface area contributed by atoms with Crippen LogP contribution in [0.15, 0.2) is 83.7 Å². The second kappa shape index (κ2) is 17.3. The van der Waals surface area contributed by atoms with Gasteiger partial charge in [-0.2, -0.15) is 0 Å². The molecule has 1 unspecified atom stereocenters. The molecule has 1 amide bonds. The number of fused-ring (bicyclic) bond motifs is 4. The number of unbranched alkanes of at least 4 members (excludes halogenated alkanes) is 2. The summed E-state index contributed by atoms with van der Waals surface area (Å²) in [5, 5.41) is 27.6. The van der Waals surface area contributed by atoms with Gasteiger partial charge in [-0.25, -0.2) is 9.59 Å². The van der Waals surface area contributed by atoms with E-state index in [1.165, 1.54) is 12.1 Å². The highest BCUT2D eigenvalue weighted by Crippen LogP contribution is 2.31. The van der Waals surface area contributed by atoms with Crippen molar-refractivity contribution >= 4 is 23.0 Å². The van der Waals surface area contributed by atoms with Gasteiger partial charge in [0.15, 0.2) is 6.61 Å². The highest BCUT2D eigenvalue weighted by Gasteiger charge is 2.37. The molecule has 12 heteroatoms. The van der Waals surface area contributed by atoms with Gasteiger partial charge in [0.1, 0.15) is 17.6 Å². The van der Waals surface area contributed by atoms with Gasteiger partial charge in [-0.15, -0.1) is 0 Å². The Bertz CT molecular complexity index is 1830. The number of nitrogens with zero attached hydrogens (tertiary/aromatic N) is 1. The van der Waals surface area contributed by atoms with E-state index in [1.54, 1.807) is 18.2 Å². The topological polar surface area (TPSA) is 162 Å². The number of carbonyl (C=O) groups is 2. The maximum absolute atomic E-state index is 13.1. The van der Waals surface area contributed by atoms with E-state index >= 15 is 0 Å². The van der Waals surface area contributed by atoms with Crippen LogP contribution in [0.25, 0.3) is 10.9 Å². The third-order valence-corrected chi connectivity index (χ3v) is 9.66. The summed E-state index contributed by atoms with van der Waals surface area (Å²) < 4.78 is 17.1. The van der Waals surface area contributed by atoms with E-state index in [0.717, 1.165) is 56.4 Å². The summed E-state index contributed by atoms with van der Waals surface area (Å²) in [6.07, 6.45) is 3.06. The smallest absolute Gasteiger partial charge is 0.408 e. The van der Waals surface area contributed by atoms with Gasteiger partial charge in [0.25, 0.3) is 0 Å². The summed E-state index contributed by atoms with van der Waals surface area (Å²) in [5.41, 5.74) is 2.28. The van der Waals surface area contributed by atoms with Crippen molar-refractivity contribution in [2.24, 2.45) is 5.92 Å². The lowest BCUT2D eigenvalue weighted by Crippen LogP contribution is -2.52. The Morgan fingerprint density at radius 1 is 0.941 bits per heavy atom. The average Bonchev–Trinajstić information content (AvgIpc) is 3.15. The van der Waals surface area contributed by atoms with Crippen LogP contribution in [-0.4, -0.2) is 84.2 Å². The number of aromatic hydroxyl groups is 1. The van der Waals surface area contributed by atoms with Crippen molar-refractivity contribution in [3.8, 4) is 11.5 Å². The van der Waals surface area contributed by atoms with E-state index in [-0.39, 0.29) is 30.6 Å². The molecule has 3 saturated heterocycles. The number of hydrogen-bond acceptors (Lipinski definition) is 10. The Labute approximate surface area is 296 Å². The zero-order valence-corrected chi connectivity index (χ0v) is 28.6. The predicted molar refractivity (Wildman–Crippen MR) is 192 cm³/mol. The fourth-order valence-corrected chi connectivity index (χ4v) is 6.92. The van der Waals surface area contributed by atoms with Crippen molar-refractivity contribution in [3.63, 3.8) is 0 Å². The van der Waals surface area contributed by atoms with E-state index in [4.69, 9.17) is 14.2 Å². The van der Waals surface area contributed by atoms with Crippen LogP contribution in [0.2, 0.25) is 0 Å². The lowest BCUT2D eigenvalue weighted by molar-refractivity contribution is -0.146. The van der Waals surface area contributed by atoms with Gasteiger partial charge >= 0.3 is 12.1 Å². The summed E-state index contributed by atoms with van der Waals surface area (Å²) in [5.74, 6) is 0.376. The lowest BCUT2D eigenvalue weighted by atomic mass is 9.86. The first-order chi connectivity index (χ1) is 24.8. The van der Waals surface area contributed by atoms with Crippen LogP contribution >= 0.6 is 0 Å². The van der Waals surface area contributed by atoms with Crippen molar-refractivity contribution in [1.82, 2.24) is 20.5 Å². The fraction of sp³-hybridized carbons (Fsp3) is 0.410. The molecule has 270 valence electrons. The normalized spacial score (nSPS) is 19.3. The molecule has 5 N–H and O–H groups in total. The number of alkyl carbamates (subject to hydrolysis) is 1. The molecule has 4 heterocycles. The largest absolute Gasteiger partial charge is 0.506 e. The van der Waals surface area contributed by atoms with Crippen molar-refractivity contribution < 1.29 is 34.0 Å². The quantitative estimate of drug-likeness (QED) is 0.0829. The zero-order valence-electron chi connectivity index (χ0n) is 28.6. The molecular weight excluding hydrogens is 652 g/mol. The number of aliphatic hydroxyl groups is 1. The van der Waals surface area contributed by atoms with Gasteiger partial charge in [-0.1, -0.05) is 48.5 Å². The molecule has 0 aliphatic carbocycles. The Morgan fingerprint density at radius 2 is 1.75 bits per heavy atom. The minimum Gasteiger partial charge on any atom is -0.506 e. The lowest BCUT2D eigenvalue weighted by Gasteiger charge is -2.43. The van der Waals surface area contributed by atoms with Crippen LogP contribution in [0.4, 0.5) is 4.79 Å². The van der Waals surface area contributed by atoms with Gasteiger partial charge in [0.2, 0.25) is 5.56 Å². The number of nitrogens with one attached hydrogen (secondary N) is 3. The van der Waals surface area contributed by atoms with Crippen molar-refractivity contribution in [2.45, 2.75) is 50.4 Å². The summed E-state index contributed by atoms with van der Waals surface area (Å²) >= 11 is 0. The molecule has 0 spiro atoms. The number of ether oxygens (including phenoxy) is 3. The first kappa shape index (κ1) is 35.9. The number of phenolic OH excluding ortho intramolecular Hbond substituents is 1. The number of carbonyl (C=O) groups excluding carboxylic acids is 2. The molecule has 2 bridgehead atoms. The zero-order chi connectivity index (χ0) is 35.6. The summed E-state index contributed by atoms with van der Waals surface area (Å²) in [6, 6.07) is 22.6. The number of aromatic nitrogens is 1. The standard InChI is InChI=1S/C39H46N4O8/c44-32-14-12-30(31-13-15-35(46)41-38(31)32)33(45)23-40-18-5-2-6-21-49-36(47)25-50-29-11-7-10-28(22-29)37(27-8-3-1-4-9-27)42-39(48)51-34-24-43-19-16-26(34)17-20-43/h1,3-4,7-15,22,26,33-34,37,40,44-45H,2,5-6,16-21,23-25H2,(H,41,46)(H,42,48)/t33-,34+,37?/m1/s1. The Balaban J connectivity index is 0.903.